The highest BCUT2D eigenvalue weighted by Crippen LogP contribution is 2.33. The smallest absolute Gasteiger partial charge is 0.0806 e. The largest absolute Gasteiger partial charge is 0.394 e. The van der Waals surface area contributed by atoms with E-state index in [1.54, 1.807) is 0 Å². The standard InChI is InChI=1S/C10H20O2/c1-10(2,3)8-4-5-9(6-11)12-7-8/h8-9,11H,4-7H2,1-3H3/t8-,9+/m1/s1. The summed E-state index contributed by atoms with van der Waals surface area (Å²) in [5.74, 6) is 0.653. The van der Waals surface area contributed by atoms with Crippen molar-refractivity contribution >= 4 is 0 Å². The molecule has 0 aliphatic carbocycles. The van der Waals surface area contributed by atoms with E-state index in [1.807, 2.05) is 0 Å². The van der Waals surface area contributed by atoms with Crippen LogP contribution in [0.15, 0.2) is 0 Å². The van der Waals surface area contributed by atoms with Gasteiger partial charge in [-0.2, -0.15) is 0 Å². The lowest BCUT2D eigenvalue weighted by molar-refractivity contribution is -0.0663. The van der Waals surface area contributed by atoms with Crippen LogP contribution in [0.2, 0.25) is 0 Å². The van der Waals surface area contributed by atoms with Crippen molar-refractivity contribution in [3.05, 3.63) is 0 Å². The maximum absolute atomic E-state index is 8.86. The molecule has 72 valence electrons. The van der Waals surface area contributed by atoms with Crippen LogP contribution < -0.4 is 0 Å². The number of ether oxygens (including phenoxy) is 1. The molecule has 1 saturated heterocycles. The first-order valence-corrected chi connectivity index (χ1v) is 4.76. The van der Waals surface area contributed by atoms with Crippen LogP contribution in [0.25, 0.3) is 0 Å². The second kappa shape index (κ2) is 3.75. The van der Waals surface area contributed by atoms with Gasteiger partial charge in [0.1, 0.15) is 0 Å². The van der Waals surface area contributed by atoms with Crippen LogP contribution in [0.3, 0.4) is 0 Å². The summed E-state index contributed by atoms with van der Waals surface area (Å²) >= 11 is 0. The Hall–Kier alpha value is -0.0800. The van der Waals surface area contributed by atoms with Crippen LogP contribution in [0.4, 0.5) is 0 Å². The van der Waals surface area contributed by atoms with Crippen molar-refractivity contribution in [2.45, 2.75) is 39.7 Å². The van der Waals surface area contributed by atoms with Crippen molar-refractivity contribution in [1.82, 2.24) is 0 Å². The van der Waals surface area contributed by atoms with Crippen LogP contribution in [0.1, 0.15) is 33.6 Å². The van der Waals surface area contributed by atoms with Gasteiger partial charge in [0.05, 0.1) is 19.3 Å². The Morgan fingerprint density at radius 2 is 2.00 bits per heavy atom. The highest BCUT2D eigenvalue weighted by Gasteiger charge is 2.29. The quantitative estimate of drug-likeness (QED) is 0.653. The molecule has 1 fully saturated rings. The lowest BCUT2D eigenvalue weighted by Gasteiger charge is -2.36. The summed E-state index contributed by atoms with van der Waals surface area (Å²) < 4.78 is 5.52. The molecule has 1 heterocycles. The third kappa shape index (κ3) is 2.46. The molecule has 1 aliphatic rings. The molecule has 0 unspecified atom stereocenters. The second-order valence-electron chi connectivity index (χ2n) is 4.78. The summed E-state index contributed by atoms with van der Waals surface area (Å²) in [5.41, 5.74) is 0.348. The number of rotatable bonds is 1. The van der Waals surface area contributed by atoms with Crippen molar-refractivity contribution in [2.24, 2.45) is 11.3 Å². The van der Waals surface area contributed by atoms with E-state index in [0.29, 0.717) is 11.3 Å². The first-order valence-electron chi connectivity index (χ1n) is 4.76. The van der Waals surface area contributed by atoms with E-state index in [2.05, 4.69) is 20.8 Å². The van der Waals surface area contributed by atoms with Gasteiger partial charge < -0.3 is 9.84 Å². The highest BCUT2D eigenvalue weighted by molar-refractivity contribution is 4.78. The molecular formula is C10H20O2. The minimum absolute atomic E-state index is 0.101. The maximum atomic E-state index is 8.86. The van der Waals surface area contributed by atoms with Crippen LogP contribution >= 0.6 is 0 Å². The Morgan fingerprint density at radius 1 is 1.33 bits per heavy atom. The minimum atomic E-state index is 0.101. The molecule has 1 rings (SSSR count). The number of hydrogen-bond donors (Lipinski definition) is 1. The molecule has 0 saturated carbocycles. The van der Waals surface area contributed by atoms with Crippen molar-refractivity contribution in [1.29, 1.82) is 0 Å². The Kier molecular flexibility index (Phi) is 3.13. The lowest BCUT2D eigenvalue weighted by Crippen LogP contribution is -2.34. The molecule has 2 heteroatoms. The van der Waals surface area contributed by atoms with Gasteiger partial charge in [0.15, 0.2) is 0 Å². The molecule has 0 spiro atoms. The fourth-order valence-electron chi connectivity index (χ4n) is 1.63. The van der Waals surface area contributed by atoms with Crippen LogP contribution in [-0.4, -0.2) is 24.4 Å². The topological polar surface area (TPSA) is 29.5 Å². The zero-order chi connectivity index (χ0) is 9.19. The third-order valence-electron chi connectivity index (χ3n) is 2.80. The van der Waals surface area contributed by atoms with Crippen LogP contribution in [0, 0.1) is 11.3 Å². The molecule has 0 radical (unpaired) electrons. The highest BCUT2D eigenvalue weighted by atomic mass is 16.5. The van der Waals surface area contributed by atoms with Gasteiger partial charge in [-0.1, -0.05) is 20.8 Å². The average Bonchev–Trinajstić information content (AvgIpc) is 2.03. The van der Waals surface area contributed by atoms with Gasteiger partial charge in [0, 0.05) is 0 Å². The Morgan fingerprint density at radius 3 is 2.33 bits per heavy atom. The Balaban J connectivity index is 2.36. The summed E-state index contributed by atoms with van der Waals surface area (Å²) in [6.07, 6.45) is 2.30. The van der Waals surface area contributed by atoms with Gasteiger partial charge in [0.25, 0.3) is 0 Å². The van der Waals surface area contributed by atoms with Crippen LogP contribution in [-0.2, 0) is 4.74 Å². The van der Waals surface area contributed by atoms with E-state index < -0.39 is 0 Å². The number of aliphatic hydroxyl groups excluding tert-OH is 1. The summed E-state index contributed by atoms with van der Waals surface area (Å²) in [4.78, 5) is 0. The fourth-order valence-corrected chi connectivity index (χ4v) is 1.63. The van der Waals surface area contributed by atoms with E-state index >= 15 is 0 Å². The van der Waals surface area contributed by atoms with Gasteiger partial charge >= 0.3 is 0 Å². The normalized spacial score (nSPS) is 32.0. The monoisotopic (exact) mass is 172 g/mol. The SMILES string of the molecule is CC(C)(C)[C@@H]1CC[C@@H](CO)OC1. The maximum Gasteiger partial charge on any atom is 0.0806 e. The molecule has 2 nitrogen and oxygen atoms in total. The van der Waals surface area contributed by atoms with Crippen molar-refractivity contribution in [3.8, 4) is 0 Å². The van der Waals surface area contributed by atoms with E-state index in [9.17, 15) is 0 Å². The molecule has 0 aromatic heterocycles. The molecular weight excluding hydrogens is 152 g/mol. The number of hydrogen-bond acceptors (Lipinski definition) is 2. The zero-order valence-electron chi connectivity index (χ0n) is 8.34. The molecule has 1 N–H and O–H groups in total. The van der Waals surface area contributed by atoms with Crippen molar-refractivity contribution in [2.75, 3.05) is 13.2 Å². The summed E-state index contributed by atoms with van der Waals surface area (Å²) in [6.45, 7) is 7.74. The molecule has 0 aromatic rings. The minimum Gasteiger partial charge on any atom is -0.394 e. The van der Waals surface area contributed by atoms with E-state index in [1.165, 1.54) is 6.42 Å². The van der Waals surface area contributed by atoms with Gasteiger partial charge in [0.2, 0.25) is 0 Å². The molecule has 12 heavy (non-hydrogen) atoms. The predicted octanol–water partition coefficient (Wildman–Crippen LogP) is 1.82. The molecule has 2 atom stereocenters. The third-order valence-corrected chi connectivity index (χ3v) is 2.80. The van der Waals surface area contributed by atoms with Gasteiger partial charge in [-0.25, -0.2) is 0 Å². The Labute approximate surface area is 74.9 Å². The van der Waals surface area contributed by atoms with Crippen LogP contribution in [0.5, 0.6) is 0 Å². The fraction of sp³-hybridized carbons (Fsp3) is 1.00. The van der Waals surface area contributed by atoms with Crippen molar-refractivity contribution < 1.29 is 9.84 Å². The van der Waals surface area contributed by atoms with Gasteiger partial charge in [-0.3, -0.25) is 0 Å². The van der Waals surface area contributed by atoms with E-state index in [0.717, 1.165) is 13.0 Å². The molecule has 1 aliphatic heterocycles. The zero-order valence-corrected chi connectivity index (χ0v) is 8.34. The first-order chi connectivity index (χ1) is 5.54. The first kappa shape index (κ1) is 10.0. The van der Waals surface area contributed by atoms with E-state index in [-0.39, 0.29) is 12.7 Å². The Bertz CT molecular complexity index is 129. The summed E-state index contributed by atoms with van der Waals surface area (Å²) in [5, 5.41) is 8.86. The number of aliphatic hydroxyl groups is 1. The van der Waals surface area contributed by atoms with E-state index in [4.69, 9.17) is 9.84 Å². The summed E-state index contributed by atoms with van der Waals surface area (Å²) in [6, 6.07) is 0. The average molecular weight is 172 g/mol. The predicted molar refractivity (Wildman–Crippen MR) is 49.0 cm³/mol. The summed E-state index contributed by atoms with van der Waals surface area (Å²) in [7, 11) is 0. The van der Waals surface area contributed by atoms with Crippen molar-refractivity contribution in [3.63, 3.8) is 0 Å². The van der Waals surface area contributed by atoms with Gasteiger partial charge in [-0.05, 0) is 24.2 Å². The molecule has 0 aromatic carbocycles. The second-order valence-corrected chi connectivity index (χ2v) is 4.78. The lowest BCUT2D eigenvalue weighted by atomic mass is 9.77. The molecule has 0 amide bonds. The molecule has 0 bridgehead atoms. The van der Waals surface area contributed by atoms with Gasteiger partial charge in [-0.15, -0.1) is 0 Å².